The molecule has 0 aromatic carbocycles. The Morgan fingerprint density at radius 2 is 2.25 bits per heavy atom. The third kappa shape index (κ3) is 3.01. The van der Waals surface area contributed by atoms with Crippen LogP contribution < -0.4 is 11.1 Å². The van der Waals surface area contributed by atoms with Crippen LogP contribution >= 0.6 is 0 Å². The Hall–Kier alpha value is -1.98. The van der Waals surface area contributed by atoms with Gasteiger partial charge in [0.05, 0.1) is 5.69 Å². The summed E-state index contributed by atoms with van der Waals surface area (Å²) < 4.78 is 6.36. The van der Waals surface area contributed by atoms with Gasteiger partial charge in [-0.1, -0.05) is 0 Å². The molecule has 0 spiro atoms. The minimum Gasteiger partial charge on any atom is -0.451 e. The lowest BCUT2D eigenvalue weighted by Gasteiger charge is -2.05. The lowest BCUT2D eigenvalue weighted by molar-refractivity contribution is -0.124. The molecule has 0 fully saturated rings. The number of carbonyl (C=O) groups is 2. The molecule has 16 heavy (non-hydrogen) atoms. The van der Waals surface area contributed by atoms with E-state index in [2.05, 4.69) is 5.32 Å². The van der Waals surface area contributed by atoms with Gasteiger partial charge >= 0.3 is 5.97 Å². The minimum atomic E-state index is -0.564. The van der Waals surface area contributed by atoms with Crippen LogP contribution in [0.3, 0.4) is 0 Å². The van der Waals surface area contributed by atoms with Gasteiger partial charge in [0.2, 0.25) is 0 Å². The highest BCUT2D eigenvalue weighted by Crippen LogP contribution is 2.09. The largest absolute Gasteiger partial charge is 0.451 e. The molecular formula is C10H15N3O3. The molecule has 1 aromatic rings. The van der Waals surface area contributed by atoms with Crippen molar-refractivity contribution in [3.63, 3.8) is 0 Å². The first-order valence-electron chi connectivity index (χ1n) is 4.90. The zero-order chi connectivity index (χ0) is 12.1. The van der Waals surface area contributed by atoms with Gasteiger partial charge in [-0.15, -0.1) is 0 Å². The third-order valence-corrected chi connectivity index (χ3v) is 1.94. The van der Waals surface area contributed by atoms with Crippen LogP contribution in [-0.4, -0.2) is 29.6 Å². The number of hydrogen-bond acceptors (Lipinski definition) is 4. The van der Waals surface area contributed by atoms with E-state index in [1.54, 1.807) is 24.7 Å². The van der Waals surface area contributed by atoms with Gasteiger partial charge in [-0.05, 0) is 13.0 Å². The van der Waals surface area contributed by atoms with Crippen molar-refractivity contribution in [2.75, 3.05) is 18.9 Å². The first-order valence-corrected chi connectivity index (χ1v) is 4.90. The average Bonchev–Trinajstić information content (AvgIpc) is 2.55. The normalized spacial score (nSPS) is 9.88. The van der Waals surface area contributed by atoms with Crippen molar-refractivity contribution < 1.29 is 14.3 Å². The van der Waals surface area contributed by atoms with Crippen LogP contribution in [0.15, 0.2) is 12.3 Å². The Bertz CT molecular complexity index is 398. The number of aromatic nitrogens is 1. The van der Waals surface area contributed by atoms with E-state index < -0.39 is 5.97 Å². The molecule has 1 aromatic heterocycles. The fourth-order valence-corrected chi connectivity index (χ4v) is 1.25. The van der Waals surface area contributed by atoms with E-state index in [1.165, 1.54) is 6.07 Å². The monoisotopic (exact) mass is 225 g/mol. The summed E-state index contributed by atoms with van der Waals surface area (Å²) >= 11 is 0. The van der Waals surface area contributed by atoms with E-state index in [-0.39, 0.29) is 12.5 Å². The van der Waals surface area contributed by atoms with Crippen LogP contribution in [0.25, 0.3) is 0 Å². The molecule has 1 amide bonds. The molecule has 6 heteroatoms. The summed E-state index contributed by atoms with van der Waals surface area (Å²) in [7, 11) is 1.68. The molecule has 0 saturated heterocycles. The first-order chi connectivity index (χ1) is 7.54. The molecular weight excluding hydrogens is 210 g/mol. The van der Waals surface area contributed by atoms with Crippen molar-refractivity contribution in [1.29, 1.82) is 0 Å². The van der Waals surface area contributed by atoms with Crippen LogP contribution in [0, 0.1) is 0 Å². The number of ether oxygens (including phenoxy) is 1. The first kappa shape index (κ1) is 12.1. The van der Waals surface area contributed by atoms with Crippen LogP contribution in [-0.2, 0) is 16.6 Å². The van der Waals surface area contributed by atoms with Crippen molar-refractivity contribution in [3.8, 4) is 0 Å². The maximum absolute atomic E-state index is 11.5. The third-order valence-electron chi connectivity index (χ3n) is 1.94. The van der Waals surface area contributed by atoms with E-state index in [0.717, 1.165) is 0 Å². The van der Waals surface area contributed by atoms with Crippen molar-refractivity contribution in [2.24, 2.45) is 7.05 Å². The standard InChI is InChI=1S/C10H15N3O3/c1-3-12-9(14)6-16-10(15)8-4-7(11)5-13(8)2/h4-5H,3,6,11H2,1-2H3,(H,12,14). The number of likely N-dealkylation sites (N-methyl/N-ethyl adjacent to an activating group) is 1. The predicted molar refractivity (Wildman–Crippen MR) is 58.8 cm³/mol. The lowest BCUT2D eigenvalue weighted by atomic mass is 10.4. The number of aryl methyl sites for hydroxylation is 1. The van der Waals surface area contributed by atoms with Gasteiger partial charge in [0.15, 0.2) is 6.61 Å². The molecule has 0 aliphatic carbocycles. The molecule has 88 valence electrons. The van der Waals surface area contributed by atoms with Crippen molar-refractivity contribution in [1.82, 2.24) is 9.88 Å². The topological polar surface area (TPSA) is 86.3 Å². The number of nitrogens with two attached hydrogens (primary N) is 1. The molecule has 1 rings (SSSR count). The SMILES string of the molecule is CCNC(=O)COC(=O)c1cc(N)cn1C. The number of esters is 1. The number of hydrogen-bond donors (Lipinski definition) is 2. The van der Waals surface area contributed by atoms with Crippen molar-refractivity contribution in [2.45, 2.75) is 6.92 Å². The summed E-state index contributed by atoms with van der Waals surface area (Å²) in [4.78, 5) is 22.6. The summed E-state index contributed by atoms with van der Waals surface area (Å²) in [6.07, 6.45) is 1.60. The van der Waals surface area contributed by atoms with E-state index in [0.29, 0.717) is 17.9 Å². The summed E-state index contributed by atoms with van der Waals surface area (Å²) in [6, 6.07) is 1.50. The summed E-state index contributed by atoms with van der Waals surface area (Å²) in [5.74, 6) is -0.886. The Labute approximate surface area is 93.4 Å². The summed E-state index contributed by atoms with van der Waals surface area (Å²) in [5, 5.41) is 2.52. The number of nitrogens with one attached hydrogen (secondary N) is 1. The minimum absolute atomic E-state index is 0.280. The zero-order valence-electron chi connectivity index (χ0n) is 9.32. The molecule has 0 bridgehead atoms. The molecule has 6 nitrogen and oxygen atoms in total. The van der Waals surface area contributed by atoms with Gasteiger partial charge in [-0.2, -0.15) is 0 Å². The maximum Gasteiger partial charge on any atom is 0.355 e. The number of anilines is 1. The predicted octanol–water partition coefficient (Wildman–Crippen LogP) is -0.0998. The average molecular weight is 225 g/mol. The number of carbonyl (C=O) groups excluding carboxylic acids is 2. The van der Waals surface area contributed by atoms with Crippen LogP contribution in [0.2, 0.25) is 0 Å². The fraction of sp³-hybridized carbons (Fsp3) is 0.400. The summed E-state index contributed by atoms with van der Waals surface area (Å²) in [5.41, 5.74) is 6.31. The molecule has 0 aliphatic heterocycles. The van der Waals surface area contributed by atoms with Crippen LogP contribution in [0.4, 0.5) is 5.69 Å². The van der Waals surface area contributed by atoms with Crippen molar-refractivity contribution >= 4 is 17.6 Å². The fourth-order valence-electron chi connectivity index (χ4n) is 1.25. The van der Waals surface area contributed by atoms with Gasteiger partial charge < -0.3 is 20.4 Å². The quantitative estimate of drug-likeness (QED) is 0.700. The molecule has 3 N–H and O–H groups in total. The Morgan fingerprint density at radius 1 is 1.56 bits per heavy atom. The van der Waals surface area contributed by atoms with Crippen molar-refractivity contribution in [3.05, 3.63) is 18.0 Å². The highest BCUT2D eigenvalue weighted by atomic mass is 16.5. The second-order valence-electron chi connectivity index (χ2n) is 3.30. The van der Waals surface area contributed by atoms with Gasteiger partial charge in [0.1, 0.15) is 5.69 Å². The van der Waals surface area contributed by atoms with Gasteiger partial charge in [0, 0.05) is 19.8 Å². The smallest absolute Gasteiger partial charge is 0.355 e. The molecule has 0 aliphatic rings. The molecule has 1 heterocycles. The van der Waals surface area contributed by atoms with E-state index >= 15 is 0 Å². The zero-order valence-corrected chi connectivity index (χ0v) is 9.32. The van der Waals surface area contributed by atoms with Gasteiger partial charge in [-0.25, -0.2) is 4.79 Å². The molecule has 0 saturated carbocycles. The molecule has 0 radical (unpaired) electrons. The number of nitrogens with zero attached hydrogens (tertiary/aromatic N) is 1. The number of rotatable bonds is 4. The summed E-state index contributed by atoms with van der Waals surface area (Å²) in [6.45, 7) is 2.02. The molecule has 0 unspecified atom stereocenters. The lowest BCUT2D eigenvalue weighted by Crippen LogP contribution is -2.28. The van der Waals surface area contributed by atoms with E-state index in [1.807, 2.05) is 0 Å². The highest BCUT2D eigenvalue weighted by Gasteiger charge is 2.13. The Morgan fingerprint density at radius 3 is 2.75 bits per heavy atom. The second kappa shape index (κ2) is 5.20. The number of nitrogen functional groups attached to an aromatic ring is 1. The Kier molecular flexibility index (Phi) is 3.93. The van der Waals surface area contributed by atoms with Crippen LogP contribution in [0.5, 0.6) is 0 Å². The maximum atomic E-state index is 11.5. The van der Waals surface area contributed by atoms with Gasteiger partial charge in [-0.3, -0.25) is 4.79 Å². The number of amides is 1. The van der Waals surface area contributed by atoms with Crippen LogP contribution in [0.1, 0.15) is 17.4 Å². The van der Waals surface area contributed by atoms with E-state index in [9.17, 15) is 9.59 Å². The van der Waals surface area contributed by atoms with Gasteiger partial charge in [0.25, 0.3) is 5.91 Å². The van der Waals surface area contributed by atoms with E-state index in [4.69, 9.17) is 10.5 Å². The molecule has 0 atom stereocenters. The highest BCUT2D eigenvalue weighted by molar-refractivity contribution is 5.90. The second-order valence-corrected chi connectivity index (χ2v) is 3.30. The Balaban J connectivity index is 2.53.